The summed E-state index contributed by atoms with van der Waals surface area (Å²) in [5.74, 6) is 2.15. The molecule has 40 heavy (non-hydrogen) atoms. The number of nitrogens with one attached hydrogen (secondary N) is 1. The van der Waals surface area contributed by atoms with Crippen molar-refractivity contribution in [3.05, 3.63) is 65.2 Å². The van der Waals surface area contributed by atoms with Crippen LogP contribution in [0.4, 0.5) is 5.13 Å². The summed E-state index contributed by atoms with van der Waals surface area (Å²) >= 11 is 1.42. The van der Waals surface area contributed by atoms with E-state index in [1.54, 1.807) is 40.6 Å². The van der Waals surface area contributed by atoms with Crippen LogP contribution in [0.3, 0.4) is 0 Å². The molecule has 0 bridgehead atoms. The van der Waals surface area contributed by atoms with E-state index in [0.29, 0.717) is 40.3 Å². The minimum atomic E-state index is -0.359. The number of fused-ring (bicyclic) bond motifs is 1. The van der Waals surface area contributed by atoms with E-state index >= 15 is 0 Å². The third-order valence-corrected chi connectivity index (χ3v) is 7.31. The quantitative estimate of drug-likeness (QED) is 0.269. The number of carbonyl (C=O) groups excluding carboxylic acids is 1. The number of nitrogens with zero attached hydrogens (tertiary/aromatic N) is 2. The fraction of sp³-hybridized carbons (Fsp3) is 0.276. The number of oxime groups is 1. The van der Waals surface area contributed by atoms with Gasteiger partial charge in [-0.3, -0.25) is 10.1 Å². The first kappa shape index (κ1) is 27.1. The number of hydrogen-bond acceptors (Lipinski definition) is 10. The number of methoxy groups -OCH3 is 4. The Hall–Kier alpha value is -4.51. The van der Waals surface area contributed by atoms with Crippen molar-refractivity contribution < 1.29 is 33.3 Å². The first-order valence-electron chi connectivity index (χ1n) is 12.4. The summed E-state index contributed by atoms with van der Waals surface area (Å²) in [5.41, 5.74) is 4.32. The highest BCUT2D eigenvalue weighted by molar-refractivity contribution is 7.22. The second kappa shape index (κ2) is 11.7. The summed E-state index contributed by atoms with van der Waals surface area (Å²) in [4.78, 5) is 22.9. The summed E-state index contributed by atoms with van der Waals surface area (Å²) in [6, 6.07) is 15.1. The standard InChI is InChI=1S/C29H29N3O7S/c1-16-6-8-19-26(10-16)40-29(30-19)31-27(33)15-38-23-11-17(7-9-21(23)34-2)22-14-20(32-39-22)18-12-24(35-3)28(37-5)25(13-18)36-4/h6-13,22H,14-15H2,1-5H3,(H,30,31,33). The number of aromatic nitrogens is 1. The Balaban J connectivity index is 1.26. The molecule has 1 aliphatic rings. The summed E-state index contributed by atoms with van der Waals surface area (Å²) in [7, 11) is 6.23. The lowest BCUT2D eigenvalue weighted by Gasteiger charge is -2.15. The molecule has 10 nitrogen and oxygen atoms in total. The number of rotatable bonds is 10. The van der Waals surface area contributed by atoms with Gasteiger partial charge in [-0.2, -0.15) is 0 Å². The lowest BCUT2D eigenvalue weighted by atomic mass is 9.99. The Morgan fingerprint density at radius 1 is 0.950 bits per heavy atom. The van der Waals surface area contributed by atoms with E-state index in [-0.39, 0.29) is 18.6 Å². The van der Waals surface area contributed by atoms with Crippen molar-refractivity contribution in [1.82, 2.24) is 4.98 Å². The fourth-order valence-electron chi connectivity index (χ4n) is 4.36. The van der Waals surface area contributed by atoms with Crippen LogP contribution < -0.4 is 29.0 Å². The van der Waals surface area contributed by atoms with Crippen molar-refractivity contribution in [1.29, 1.82) is 0 Å². The van der Waals surface area contributed by atoms with Crippen LogP contribution in [0.25, 0.3) is 10.2 Å². The zero-order valence-corrected chi connectivity index (χ0v) is 23.6. The number of thiazole rings is 1. The molecule has 5 rings (SSSR count). The van der Waals surface area contributed by atoms with Gasteiger partial charge in [-0.05, 0) is 54.4 Å². The SMILES string of the molecule is COc1ccc(C2CC(c3cc(OC)c(OC)c(OC)c3)=NO2)cc1OCC(=O)Nc1nc2ccc(C)cc2s1. The summed E-state index contributed by atoms with van der Waals surface area (Å²) in [5, 5.41) is 7.64. The molecular weight excluding hydrogens is 534 g/mol. The fourth-order valence-corrected chi connectivity index (χ4v) is 5.34. The van der Waals surface area contributed by atoms with Crippen molar-refractivity contribution in [2.75, 3.05) is 40.4 Å². The molecule has 3 aromatic carbocycles. The molecule has 0 saturated carbocycles. The van der Waals surface area contributed by atoms with E-state index in [2.05, 4.69) is 15.5 Å². The normalized spacial score (nSPS) is 14.3. The predicted octanol–water partition coefficient (Wildman–Crippen LogP) is 5.52. The van der Waals surface area contributed by atoms with Crippen LogP contribution in [-0.4, -0.2) is 51.6 Å². The highest BCUT2D eigenvalue weighted by atomic mass is 32.1. The Morgan fingerprint density at radius 2 is 1.70 bits per heavy atom. The van der Waals surface area contributed by atoms with Gasteiger partial charge in [-0.1, -0.05) is 28.6 Å². The van der Waals surface area contributed by atoms with Crippen LogP contribution in [0.15, 0.2) is 53.7 Å². The van der Waals surface area contributed by atoms with Crippen LogP contribution in [0, 0.1) is 6.92 Å². The molecule has 0 spiro atoms. The molecule has 0 saturated heterocycles. The Kier molecular flexibility index (Phi) is 7.92. The number of amides is 1. The molecule has 1 amide bonds. The average Bonchev–Trinajstić information content (AvgIpc) is 3.62. The van der Waals surface area contributed by atoms with Gasteiger partial charge in [-0.25, -0.2) is 4.98 Å². The van der Waals surface area contributed by atoms with Gasteiger partial charge in [-0.15, -0.1) is 0 Å². The highest BCUT2D eigenvalue weighted by Crippen LogP contribution is 2.41. The second-order valence-electron chi connectivity index (χ2n) is 8.99. The van der Waals surface area contributed by atoms with Gasteiger partial charge < -0.3 is 28.5 Å². The predicted molar refractivity (Wildman–Crippen MR) is 153 cm³/mol. The third-order valence-electron chi connectivity index (χ3n) is 6.38. The Morgan fingerprint density at radius 3 is 2.40 bits per heavy atom. The number of aryl methyl sites for hydroxylation is 1. The third kappa shape index (κ3) is 5.59. The van der Waals surface area contributed by atoms with Crippen molar-refractivity contribution in [2.24, 2.45) is 5.16 Å². The number of ether oxygens (including phenoxy) is 5. The number of carbonyl (C=O) groups is 1. The molecule has 1 aliphatic heterocycles. The first-order valence-corrected chi connectivity index (χ1v) is 13.2. The monoisotopic (exact) mass is 563 g/mol. The second-order valence-corrected chi connectivity index (χ2v) is 10.0. The zero-order chi connectivity index (χ0) is 28.2. The van der Waals surface area contributed by atoms with Crippen LogP contribution >= 0.6 is 11.3 Å². The topological polar surface area (TPSA) is 110 Å². The molecule has 1 aromatic heterocycles. The minimum Gasteiger partial charge on any atom is -0.493 e. The molecular formula is C29H29N3O7S. The molecule has 1 atom stereocenters. The van der Waals surface area contributed by atoms with Gasteiger partial charge >= 0.3 is 0 Å². The van der Waals surface area contributed by atoms with E-state index < -0.39 is 0 Å². The maximum Gasteiger partial charge on any atom is 0.264 e. The minimum absolute atomic E-state index is 0.215. The van der Waals surface area contributed by atoms with Gasteiger partial charge in [0.05, 0.1) is 44.4 Å². The van der Waals surface area contributed by atoms with Gasteiger partial charge in [0.25, 0.3) is 5.91 Å². The molecule has 4 aromatic rings. The number of benzene rings is 3. The number of anilines is 1. The molecule has 0 aliphatic carbocycles. The van der Waals surface area contributed by atoms with Gasteiger partial charge in [0.2, 0.25) is 5.75 Å². The van der Waals surface area contributed by atoms with Crippen LogP contribution in [0.2, 0.25) is 0 Å². The van der Waals surface area contributed by atoms with E-state index in [4.69, 9.17) is 28.5 Å². The van der Waals surface area contributed by atoms with Gasteiger partial charge in [0.15, 0.2) is 40.8 Å². The largest absolute Gasteiger partial charge is 0.493 e. The summed E-state index contributed by atoms with van der Waals surface area (Å²) < 4.78 is 28.7. The highest BCUT2D eigenvalue weighted by Gasteiger charge is 2.27. The lowest BCUT2D eigenvalue weighted by Crippen LogP contribution is -2.20. The van der Waals surface area contributed by atoms with Gasteiger partial charge in [0.1, 0.15) is 0 Å². The van der Waals surface area contributed by atoms with Crippen molar-refractivity contribution in [3.8, 4) is 28.7 Å². The first-order chi connectivity index (χ1) is 19.4. The van der Waals surface area contributed by atoms with E-state index in [0.717, 1.165) is 32.6 Å². The molecule has 2 heterocycles. The molecule has 208 valence electrons. The molecule has 1 N–H and O–H groups in total. The molecule has 11 heteroatoms. The maximum absolute atomic E-state index is 12.6. The van der Waals surface area contributed by atoms with Crippen molar-refractivity contribution >= 4 is 38.3 Å². The molecule has 1 unspecified atom stereocenters. The summed E-state index contributed by atoms with van der Waals surface area (Å²) in [6.45, 7) is 1.80. The van der Waals surface area contributed by atoms with E-state index in [1.807, 2.05) is 43.3 Å². The van der Waals surface area contributed by atoms with Crippen molar-refractivity contribution in [3.63, 3.8) is 0 Å². The lowest BCUT2D eigenvalue weighted by molar-refractivity contribution is -0.118. The number of hydrogen-bond donors (Lipinski definition) is 1. The zero-order valence-electron chi connectivity index (χ0n) is 22.8. The van der Waals surface area contributed by atoms with E-state index in [1.165, 1.54) is 11.3 Å². The average molecular weight is 564 g/mol. The van der Waals surface area contributed by atoms with Gasteiger partial charge in [0, 0.05) is 12.0 Å². The maximum atomic E-state index is 12.6. The van der Waals surface area contributed by atoms with Crippen LogP contribution in [0.1, 0.15) is 29.2 Å². The summed E-state index contributed by atoms with van der Waals surface area (Å²) in [6.07, 6.45) is 0.143. The smallest absolute Gasteiger partial charge is 0.264 e. The molecule has 0 fully saturated rings. The van der Waals surface area contributed by atoms with Crippen LogP contribution in [-0.2, 0) is 9.63 Å². The van der Waals surface area contributed by atoms with Crippen molar-refractivity contribution in [2.45, 2.75) is 19.4 Å². The Bertz CT molecular complexity index is 1560. The van der Waals surface area contributed by atoms with E-state index in [9.17, 15) is 4.79 Å². The van der Waals surface area contributed by atoms with Crippen LogP contribution in [0.5, 0.6) is 28.7 Å². The Labute approximate surface area is 235 Å². The molecule has 0 radical (unpaired) electrons.